The summed E-state index contributed by atoms with van der Waals surface area (Å²) in [6.07, 6.45) is 1.91. The molecule has 3 N–H and O–H groups in total. The second-order valence-electron chi connectivity index (χ2n) is 6.14. The van der Waals surface area contributed by atoms with Gasteiger partial charge in [0.2, 0.25) is 0 Å². The van der Waals surface area contributed by atoms with E-state index < -0.39 is 37.6 Å². The number of non-ortho nitro benzene ring substituents is 1. The summed E-state index contributed by atoms with van der Waals surface area (Å²) in [6.45, 7) is 1.98. The number of rotatable bonds is 5. The molecule has 13 nitrogen and oxygen atoms in total. The van der Waals surface area contributed by atoms with Gasteiger partial charge < -0.3 is 20.4 Å². The Morgan fingerprint density at radius 1 is 1.11 bits per heavy atom. The fourth-order valence-corrected chi connectivity index (χ4v) is 2.49. The highest BCUT2D eigenvalue weighted by atomic mass is 16.6. The molecule has 0 amide bonds. The van der Waals surface area contributed by atoms with Crippen molar-refractivity contribution < 1.29 is 25.0 Å². The third-order valence-electron chi connectivity index (χ3n) is 3.77. The van der Waals surface area contributed by atoms with Crippen molar-refractivity contribution in [2.75, 3.05) is 27.2 Å². The second-order valence-corrected chi connectivity index (χ2v) is 6.14. The smallest absolute Gasteiger partial charge is 0.324 e. The number of nitro benzene ring substituents is 3. The first-order valence-corrected chi connectivity index (χ1v) is 7.91. The van der Waals surface area contributed by atoms with Crippen molar-refractivity contribution in [1.29, 1.82) is 0 Å². The van der Waals surface area contributed by atoms with Gasteiger partial charge in [-0.05, 0) is 33.5 Å². The minimum absolute atomic E-state index is 0.147. The van der Waals surface area contributed by atoms with Gasteiger partial charge in [-0.25, -0.2) is 0 Å². The van der Waals surface area contributed by atoms with E-state index in [-0.39, 0.29) is 12.1 Å². The summed E-state index contributed by atoms with van der Waals surface area (Å²) < 4.78 is 0. The van der Waals surface area contributed by atoms with Gasteiger partial charge in [-0.2, -0.15) is 0 Å². The quantitative estimate of drug-likeness (QED) is 0.481. The first-order chi connectivity index (χ1) is 12.5. The molecular weight excluding hydrogens is 366 g/mol. The maximum Gasteiger partial charge on any atom is 0.324 e. The molecule has 1 aliphatic heterocycles. The summed E-state index contributed by atoms with van der Waals surface area (Å²) >= 11 is 0. The Balaban J connectivity index is 0.000000289. The molecule has 2 atom stereocenters. The van der Waals surface area contributed by atoms with Crippen molar-refractivity contribution in [3.8, 4) is 5.75 Å². The monoisotopic (exact) mass is 387 g/mol. The van der Waals surface area contributed by atoms with Gasteiger partial charge in [0.25, 0.3) is 11.4 Å². The number of likely N-dealkylation sites (N-methyl/N-ethyl adjacent to an activating group) is 1. The molecule has 0 aliphatic carbocycles. The molecule has 150 valence electrons. The summed E-state index contributed by atoms with van der Waals surface area (Å²) in [6, 6.07) is 1.17. The average molecular weight is 387 g/mol. The number of nitro groups is 3. The zero-order valence-electron chi connectivity index (χ0n) is 14.8. The first-order valence-electron chi connectivity index (χ1n) is 7.91. The van der Waals surface area contributed by atoms with Crippen LogP contribution in [0.1, 0.15) is 12.8 Å². The highest BCUT2D eigenvalue weighted by Crippen LogP contribution is 2.38. The van der Waals surface area contributed by atoms with E-state index in [1.807, 2.05) is 14.1 Å². The predicted octanol–water partition coefficient (Wildman–Crippen LogP) is 0.778. The molecule has 0 radical (unpaired) electrons. The molecular formula is C14H21N5O8. The lowest BCUT2D eigenvalue weighted by Gasteiger charge is -2.30. The van der Waals surface area contributed by atoms with Crippen LogP contribution in [-0.2, 0) is 0 Å². The number of hydrogen-bond acceptors (Lipinski definition) is 10. The van der Waals surface area contributed by atoms with Crippen LogP contribution in [-0.4, -0.2) is 69.2 Å². The summed E-state index contributed by atoms with van der Waals surface area (Å²) in [5, 5.41) is 53.1. The van der Waals surface area contributed by atoms with Gasteiger partial charge in [-0.1, -0.05) is 0 Å². The number of nitrogens with one attached hydrogen (secondary N) is 1. The molecule has 1 aromatic carbocycles. The van der Waals surface area contributed by atoms with E-state index in [1.54, 1.807) is 0 Å². The zero-order chi connectivity index (χ0) is 20.7. The maximum atomic E-state index is 10.4. The minimum atomic E-state index is -1.21. The third kappa shape index (κ3) is 6.40. The van der Waals surface area contributed by atoms with Crippen LogP contribution in [0, 0.1) is 30.3 Å². The number of nitrogens with zero attached hydrogens (tertiary/aromatic N) is 4. The molecule has 27 heavy (non-hydrogen) atoms. The zero-order valence-corrected chi connectivity index (χ0v) is 14.8. The number of phenols is 1. The molecule has 0 spiro atoms. The maximum absolute atomic E-state index is 10.4. The van der Waals surface area contributed by atoms with Gasteiger partial charge in [0, 0.05) is 12.6 Å². The van der Waals surface area contributed by atoms with E-state index in [9.17, 15) is 35.4 Å². The normalized spacial score (nSPS) is 19.1. The van der Waals surface area contributed by atoms with Crippen LogP contribution in [0.4, 0.5) is 17.1 Å². The molecule has 2 rings (SSSR count). The SMILES string of the molecule is CN(C)CC1NCCCC1O.O=[N+]([O-])c1cc([N+](=O)[O-])c(O)c([N+](=O)[O-])c1. The van der Waals surface area contributed by atoms with Crippen LogP contribution >= 0.6 is 0 Å². The third-order valence-corrected chi connectivity index (χ3v) is 3.77. The van der Waals surface area contributed by atoms with E-state index in [4.69, 9.17) is 5.11 Å². The first kappa shape index (κ1) is 22.1. The van der Waals surface area contributed by atoms with E-state index >= 15 is 0 Å². The number of aliphatic hydroxyl groups is 1. The number of aromatic hydroxyl groups is 1. The molecule has 0 aromatic heterocycles. The number of hydrogen-bond donors (Lipinski definition) is 3. The molecule has 0 saturated carbocycles. The number of benzene rings is 1. The van der Waals surface area contributed by atoms with Crippen molar-refractivity contribution in [3.05, 3.63) is 42.5 Å². The summed E-state index contributed by atoms with van der Waals surface area (Å²) in [7, 11) is 4.06. The minimum Gasteiger partial charge on any atom is -0.497 e. The predicted molar refractivity (Wildman–Crippen MR) is 93.7 cm³/mol. The van der Waals surface area contributed by atoms with Crippen LogP contribution in [0.3, 0.4) is 0 Å². The number of aliphatic hydroxyl groups excluding tert-OH is 1. The summed E-state index contributed by atoms with van der Waals surface area (Å²) in [5.41, 5.74) is -3.00. The van der Waals surface area contributed by atoms with Crippen molar-refractivity contribution in [3.63, 3.8) is 0 Å². The van der Waals surface area contributed by atoms with E-state index in [0.29, 0.717) is 12.1 Å². The van der Waals surface area contributed by atoms with Crippen LogP contribution in [0.2, 0.25) is 0 Å². The van der Waals surface area contributed by atoms with Gasteiger partial charge in [-0.3, -0.25) is 30.3 Å². The average Bonchev–Trinajstić information content (AvgIpc) is 2.56. The molecule has 1 heterocycles. The Kier molecular flexibility index (Phi) is 7.96. The molecule has 1 saturated heterocycles. The lowest BCUT2D eigenvalue weighted by atomic mass is 10.0. The molecule has 2 unspecified atom stereocenters. The van der Waals surface area contributed by atoms with E-state index in [2.05, 4.69) is 10.2 Å². The van der Waals surface area contributed by atoms with Gasteiger partial charge in [0.05, 0.1) is 33.0 Å². The van der Waals surface area contributed by atoms with Crippen molar-refractivity contribution in [2.24, 2.45) is 0 Å². The topological polar surface area (TPSA) is 185 Å². The highest BCUT2D eigenvalue weighted by molar-refractivity contribution is 5.64. The van der Waals surface area contributed by atoms with Crippen LogP contribution in [0.25, 0.3) is 0 Å². The number of phenolic OH excluding ortho intramolecular Hbond substituents is 1. The fraction of sp³-hybridized carbons (Fsp3) is 0.571. The lowest BCUT2D eigenvalue weighted by Crippen LogP contribution is -2.50. The summed E-state index contributed by atoms with van der Waals surface area (Å²) in [4.78, 5) is 29.9. The van der Waals surface area contributed by atoms with Crippen molar-refractivity contribution >= 4 is 17.1 Å². The number of piperidine rings is 1. The van der Waals surface area contributed by atoms with Crippen LogP contribution < -0.4 is 5.32 Å². The van der Waals surface area contributed by atoms with Crippen LogP contribution in [0.15, 0.2) is 12.1 Å². The Labute approximate surface area is 153 Å². The Hall–Kier alpha value is -2.90. The molecule has 1 aliphatic rings. The lowest BCUT2D eigenvalue weighted by molar-refractivity contribution is -0.404. The van der Waals surface area contributed by atoms with Crippen LogP contribution in [0.5, 0.6) is 5.75 Å². The largest absolute Gasteiger partial charge is 0.497 e. The van der Waals surface area contributed by atoms with Crippen molar-refractivity contribution in [1.82, 2.24) is 10.2 Å². The fourth-order valence-electron chi connectivity index (χ4n) is 2.49. The molecule has 13 heteroatoms. The van der Waals surface area contributed by atoms with E-state index in [0.717, 1.165) is 25.9 Å². The van der Waals surface area contributed by atoms with Gasteiger partial charge >= 0.3 is 11.4 Å². The molecule has 1 fully saturated rings. The van der Waals surface area contributed by atoms with Gasteiger partial charge in [0.15, 0.2) is 0 Å². The Morgan fingerprint density at radius 2 is 1.63 bits per heavy atom. The van der Waals surface area contributed by atoms with Crippen molar-refractivity contribution in [2.45, 2.75) is 25.0 Å². The Morgan fingerprint density at radius 3 is 2.00 bits per heavy atom. The van der Waals surface area contributed by atoms with E-state index in [1.165, 1.54) is 0 Å². The van der Waals surface area contributed by atoms with Gasteiger partial charge in [0.1, 0.15) is 0 Å². The standard InChI is InChI=1S/C8H18N2O.C6H3N3O7/c1-10(2)6-7-8(11)4-3-5-9-7;10-6-4(8(13)14)1-3(7(11)12)2-5(6)9(15)16/h7-9,11H,3-6H2,1-2H3;1-2,10H. The molecule has 1 aromatic rings. The molecule has 0 bridgehead atoms. The van der Waals surface area contributed by atoms with Gasteiger partial charge in [-0.15, -0.1) is 0 Å². The Bertz CT molecular complexity index is 676. The highest BCUT2D eigenvalue weighted by Gasteiger charge is 2.30. The second kappa shape index (κ2) is 9.70. The summed E-state index contributed by atoms with van der Waals surface area (Å²) in [5.74, 6) is -1.21.